The number of nitrogens with zero attached hydrogens (tertiary/aromatic N) is 2. The zero-order valence-electron chi connectivity index (χ0n) is 14.1. The first-order valence-corrected chi connectivity index (χ1v) is 7.26. The maximum absolute atomic E-state index is 12.7. The van der Waals surface area contributed by atoms with Gasteiger partial charge in [-0.2, -0.15) is 18.2 Å². The monoisotopic (exact) mass is 374 g/mol. The van der Waals surface area contributed by atoms with E-state index in [1.165, 1.54) is 6.92 Å². The highest BCUT2D eigenvalue weighted by Gasteiger charge is 2.33. The zero-order chi connectivity index (χ0) is 20.1. The average molecular weight is 374 g/mol. The van der Waals surface area contributed by atoms with Crippen molar-refractivity contribution < 1.29 is 27.6 Å². The van der Waals surface area contributed by atoms with Gasteiger partial charge < -0.3 is 15.8 Å². The number of allylic oxidation sites excluding steroid dienone is 1. The van der Waals surface area contributed by atoms with Crippen molar-refractivity contribution in [3.05, 3.63) is 45.8 Å². The van der Waals surface area contributed by atoms with Crippen LogP contribution in [0.3, 0.4) is 0 Å². The minimum atomic E-state index is -4.74. The van der Waals surface area contributed by atoms with Gasteiger partial charge in [-0.05, 0) is 32.9 Å². The lowest BCUT2D eigenvalue weighted by Crippen LogP contribution is -2.27. The lowest BCUT2D eigenvalue weighted by Gasteiger charge is -2.10. The van der Waals surface area contributed by atoms with Gasteiger partial charge >= 0.3 is 17.9 Å². The largest absolute Gasteiger partial charge is 0.434 e. The molecule has 3 N–H and O–H groups in total. The Kier molecular flexibility index (Phi) is 6.70. The van der Waals surface area contributed by atoms with E-state index in [0.29, 0.717) is 12.1 Å². The predicted octanol–water partition coefficient (Wildman–Crippen LogP) is 3.37. The molecule has 1 rings (SSSR count). The fourth-order valence-corrected chi connectivity index (χ4v) is 1.76. The van der Waals surface area contributed by atoms with Crippen molar-refractivity contribution in [2.24, 2.45) is 10.7 Å². The van der Waals surface area contributed by atoms with Crippen molar-refractivity contribution >= 4 is 17.4 Å². The predicted molar refractivity (Wildman–Crippen MR) is 87.8 cm³/mol. The van der Waals surface area contributed by atoms with Crippen LogP contribution in [0.4, 0.5) is 23.7 Å². The normalized spacial score (nSPS) is 12.9. The van der Waals surface area contributed by atoms with Crippen molar-refractivity contribution in [2.45, 2.75) is 33.0 Å². The highest BCUT2D eigenvalue weighted by Crippen LogP contribution is 2.36. The number of rotatable bonds is 5. The Bertz CT molecular complexity index is 758. The molecule has 0 aliphatic heterocycles. The van der Waals surface area contributed by atoms with Crippen LogP contribution in [-0.2, 0) is 6.18 Å². The number of amides is 2. The summed E-state index contributed by atoms with van der Waals surface area (Å²) in [5.74, 6) is -0.859. The number of nitro groups is 1. The van der Waals surface area contributed by atoms with Gasteiger partial charge in [0.25, 0.3) is 0 Å². The van der Waals surface area contributed by atoms with Crippen molar-refractivity contribution in [2.75, 3.05) is 0 Å². The first kappa shape index (κ1) is 20.9. The van der Waals surface area contributed by atoms with Gasteiger partial charge in [-0.25, -0.2) is 4.79 Å². The fourth-order valence-electron chi connectivity index (χ4n) is 1.76. The van der Waals surface area contributed by atoms with Crippen LogP contribution < -0.4 is 15.8 Å². The maximum Gasteiger partial charge on any atom is 0.416 e. The highest BCUT2D eigenvalue weighted by molar-refractivity contribution is 6.00. The van der Waals surface area contributed by atoms with E-state index in [1.54, 1.807) is 13.8 Å². The lowest BCUT2D eigenvalue weighted by molar-refractivity contribution is -0.386. The molecule has 0 saturated carbocycles. The molecule has 0 heterocycles. The van der Waals surface area contributed by atoms with Crippen LogP contribution in [0.2, 0.25) is 0 Å². The number of nitrogens with one attached hydrogen (secondary N) is 1. The third-order valence-electron chi connectivity index (χ3n) is 2.75. The first-order valence-electron chi connectivity index (χ1n) is 7.26. The highest BCUT2D eigenvalue weighted by atomic mass is 19.4. The molecule has 0 radical (unpaired) electrons. The first-order chi connectivity index (χ1) is 11.9. The Labute approximate surface area is 146 Å². The van der Waals surface area contributed by atoms with Gasteiger partial charge in [0.2, 0.25) is 5.75 Å². The van der Waals surface area contributed by atoms with Crippen LogP contribution in [-0.4, -0.2) is 22.7 Å². The summed E-state index contributed by atoms with van der Waals surface area (Å²) in [5.41, 5.74) is 3.60. The third kappa shape index (κ3) is 6.42. The molecule has 8 nitrogen and oxygen atoms in total. The van der Waals surface area contributed by atoms with Gasteiger partial charge in [0.1, 0.15) is 0 Å². The molecule has 0 aliphatic rings. The Morgan fingerprint density at radius 3 is 2.54 bits per heavy atom. The Morgan fingerprint density at radius 1 is 1.42 bits per heavy atom. The number of nitrogens with two attached hydrogens (primary N) is 1. The molecule has 1 aromatic rings. The summed E-state index contributed by atoms with van der Waals surface area (Å²) < 4.78 is 43.0. The summed E-state index contributed by atoms with van der Waals surface area (Å²) >= 11 is 0. The second-order valence-electron chi connectivity index (χ2n) is 5.44. The number of urea groups is 1. The van der Waals surface area contributed by atoms with E-state index in [9.17, 15) is 28.1 Å². The SMILES string of the molecule is CC(/C=C(\N)Oc1ccc(C(F)(F)F)cc1[N+](=O)[O-])=N\C(=O)NC(C)C. The molecule has 142 valence electrons. The van der Waals surface area contributed by atoms with Gasteiger partial charge in [-0.15, -0.1) is 0 Å². The number of carbonyl (C=O) groups excluding carboxylic acids is 1. The summed E-state index contributed by atoms with van der Waals surface area (Å²) in [6, 6.07) is 1.01. The standard InChI is InChI=1S/C15H17F3N4O4/c1-8(2)20-14(23)21-9(3)6-13(19)26-12-5-4-10(15(16,17)18)7-11(12)22(24)25/h4-8H,19H2,1-3H3,(H,20,23)/b13-6+,21-9+. The molecular formula is C15H17F3N4O4. The number of hydrogen-bond acceptors (Lipinski definition) is 5. The third-order valence-corrected chi connectivity index (χ3v) is 2.75. The molecule has 1 aromatic carbocycles. The van der Waals surface area contributed by atoms with E-state index < -0.39 is 34.1 Å². The Morgan fingerprint density at radius 2 is 2.04 bits per heavy atom. The lowest BCUT2D eigenvalue weighted by atomic mass is 10.2. The van der Waals surface area contributed by atoms with E-state index in [1.807, 2.05) is 0 Å². The van der Waals surface area contributed by atoms with Gasteiger partial charge in [0.15, 0.2) is 5.88 Å². The van der Waals surface area contributed by atoms with Gasteiger partial charge in [0, 0.05) is 23.9 Å². The molecule has 0 fully saturated rings. The van der Waals surface area contributed by atoms with E-state index in [2.05, 4.69) is 10.3 Å². The van der Waals surface area contributed by atoms with Crippen LogP contribution in [0, 0.1) is 10.1 Å². The number of aliphatic imine (C=N–C) groups is 1. The second kappa shape index (κ2) is 8.32. The summed E-state index contributed by atoms with van der Waals surface area (Å²) in [7, 11) is 0. The fraction of sp³-hybridized carbons (Fsp3) is 0.333. The minimum absolute atomic E-state index is 0.133. The number of hydrogen-bond donors (Lipinski definition) is 2. The number of ether oxygens (including phenoxy) is 1. The van der Waals surface area contributed by atoms with Crippen molar-refractivity contribution in [3.63, 3.8) is 0 Å². The molecule has 0 aromatic heterocycles. The van der Waals surface area contributed by atoms with Gasteiger partial charge in [0.05, 0.1) is 10.5 Å². The van der Waals surface area contributed by atoms with Crippen molar-refractivity contribution in [3.8, 4) is 5.75 Å². The summed E-state index contributed by atoms with van der Waals surface area (Å²) in [4.78, 5) is 25.1. The smallest absolute Gasteiger partial charge is 0.416 e. The number of alkyl halides is 3. The van der Waals surface area contributed by atoms with E-state index in [4.69, 9.17) is 10.5 Å². The summed E-state index contributed by atoms with van der Waals surface area (Å²) in [6.07, 6.45) is -3.63. The molecular weight excluding hydrogens is 357 g/mol. The van der Waals surface area contributed by atoms with Gasteiger partial charge in [-0.1, -0.05) is 0 Å². The zero-order valence-corrected chi connectivity index (χ0v) is 14.1. The molecule has 0 saturated heterocycles. The topological polar surface area (TPSA) is 120 Å². The van der Waals surface area contributed by atoms with Crippen LogP contribution in [0.15, 0.2) is 35.2 Å². The molecule has 2 amide bonds. The van der Waals surface area contributed by atoms with Crippen LogP contribution >= 0.6 is 0 Å². The second-order valence-corrected chi connectivity index (χ2v) is 5.44. The summed E-state index contributed by atoms with van der Waals surface area (Å²) in [6.45, 7) is 4.90. The summed E-state index contributed by atoms with van der Waals surface area (Å²) in [5, 5.41) is 13.5. The average Bonchev–Trinajstić information content (AvgIpc) is 2.44. The quantitative estimate of drug-likeness (QED) is 0.354. The Balaban J connectivity index is 3.05. The Hall–Kier alpha value is -3.11. The molecule has 0 aliphatic carbocycles. The van der Waals surface area contributed by atoms with E-state index in [-0.39, 0.29) is 17.6 Å². The number of carbonyl (C=O) groups is 1. The molecule has 0 bridgehead atoms. The number of halogens is 3. The molecule has 0 atom stereocenters. The maximum atomic E-state index is 12.7. The van der Waals surface area contributed by atoms with Crippen LogP contribution in [0.1, 0.15) is 26.3 Å². The molecule has 11 heteroatoms. The molecule has 26 heavy (non-hydrogen) atoms. The van der Waals surface area contributed by atoms with Crippen LogP contribution in [0.25, 0.3) is 0 Å². The van der Waals surface area contributed by atoms with Crippen molar-refractivity contribution in [1.82, 2.24) is 5.32 Å². The van der Waals surface area contributed by atoms with E-state index >= 15 is 0 Å². The molecule has 0 spiro atoms. The van der Waals surface area contributed by atoms with Crippen molar-refractivity contribution in [1.29, 1.82) is 0 Å². The minimum Gasteiger partial charge on any atom is -0.434 e. The number of benzene rings is 1. The van der Waals surface area contributed by atoms with Crippen LogP contribution in [0.5, 0.6) is 5.75 Å². The van der Waals surface area contributed by atoms with E-state index in [0.717, 1.165) is 12.1 Å². The van der Waals surface area contributed by atoms with Gasteiger partial charge in [-0.3, -0.25) is 10.1 Å². The number of nitro benzene ring substituents is 1. The molecule has 0 unspecified atom stereocenters.